The zero-order valence-corrected chi connectivity index (χ0v) is 15.3. The first-order chi connectivity index (χ1) is 9.43. The molecule has 1 unspecified atom stereocenters. The van der Waals surface area contributed by atoms with E-state index in [-0.39, 0.29) is 0 Å². The zero-order chi connectivity index (χ0) is 14.9. The van der Waals surface area contributed by atoms with Gasteiger partial charge in [-0.25, -0.2) is 4.98 Å². The molecule has 0 aliphatic carbocycles. The minimum Gasteiger partial charge on any atom is -0.322 e. The fourth-order valence-corrected chi connectivity index (χ4v) is 3.21. The minimum absolute atomic E-state index is 0.379. The molecule has 1 atom stereocenters. The maximum Gasteiger partial charge on any atom is 0.125 e. The van der Waals surface area contributed by atoms with Gasteiger partial charge in [-0.15, -0.1) is 11.6 Å². The second-order valence-electron chi connectivity index (χ2n) is 5.74. The van der Waals surface area contributed by atoms with Gasteiger partial charge in [0, 0.05) is 10.1 Å². The van der Waals surface area contributed by atoms with Crippen molar-refractivity contribution in [1.29, 1.82) is 0 Å². The van der Waals surface area contributed by atoms with Gasteiger partial charge in [-0.2, -0.15) is 0 Å². The molecule has 1 aromatic carbocycles. The van der Waals surface area contributed by atoms with Crippen LogP contribution in [0.25, 0.3) is 11.0 Å². The van der Waals surface area contributed by atoms with E-state index in [1.807, 2.05) is 0 Å². The summed E-state index contributed by atoms with van der Waals surface area (Å²) in [6.45, 7) is 5.49. The molecular formula is C15H21ClIN3. The third-order valence-corrected chi connectivity index (χ3v) is 4.41. The predicted molar refractivity (Wildman–Crippen MR) is 94.4 cm³/mol. The van der Waals surface area contributed by atoms with E-state index < -0.39 is 0 Å². The lowest BCUT2D eigenvalue weighted by molar-refractivity contribution is 0.270. The van der Waals surface area contributed by atoms with E-state index in [0.29, 0.717) is 17.8 Å². The zero-order valence-electron chi connectivity index (χ0n) is 12.4. The molecule has 0 saturated heterocycles. The fourth-order valence-electron chi connectivity index (χ4n) is 2.55. The van der Waals surface area contributed by atoms with E-state index >= 15 is 0 Å². The van der Waals surface area contributed by atoms with Crippen molar-refractivity contribution in [1.82, 2.24) is 14.5 Å². The average Bonchev–Trinajstić information content (AvgIpc) is 2.72. The van der Waals surface area contributed by atoms with E-state index in [1.165, 1.54) is 9.09 Å². The minimum atomic E-state index is 0.379. The summed E-state index contributed by atoms with van der Waals surface area (Å²) in [6.07, 6.45) is 0. The topological polar surface area (TPSA) is 21.1 Å². The Morgan fingerprint density at radius 1 is 1.35 bits per heavy atom. The number of hydrogen-bond acceptors (Lipinski definition) is 2. The molecule has 0 aliphatic heterocycles. The summed E-state index contributed by atoms with van der Waals surface area (Å²) in [7, 11) is 4.22. The molecule has 1 aromatic heterocycles. The molecule has 0 spiro atoms. The second kappa shape index (κ2) is 6.62. The summed E-state index contributed by atoms with van der Waals surface area (Å²) < 4.78 is 3.53. The molecule has 3 nitrogen and oxygen atoms in total. The van der Waals surface area contributed by atoms with Crippen LogP contribution >= 0.6 is 34.2 Å². The second-order valence-corrected chi connectivity index (χ2v) is 7.25. The van der Waals surface area contributed by atoms with Gasteiger partial charge in [0.2, 0.25) is 0 Å². The van der Waals surface area contributed by atoms with Gasteiger partial charge in [0.05, 0.1) is 23.0 Å². The highest BCUT2D eigenvalue weighted by atomic mass is 127. The molecule has 0 aliphatic rings. The van der Waals surface area contributed by atoms with Crippen LogP contribution in [0.5, 0.6) is 0 Å². The molecule has 20 heavy (non-hydrogen) atoms. The first kappa shape index (κ1) is 16.0. The van der Waals surface area contributed by atoms with E-state index in [0.717, 1.165) is 17.9 Å². The molecule has 0 fully saturated rings. The Labute approximate surface area is 139 Å². The summed E-state index contributed by atoms with van der Waals surface area (Å²) in [6, 6.07) is 6.79. The lowest BCUT2D eigenvalue weighted by Crippen LogP contribution is -2.29. The molecule has 0 bridgehead atoms. The van der Waals surface area contributed by atoms with E-state index in [2.05, 4.69) is 78.2 Å². The number of likely N-dealkylation sites (N-methyl/N-ethyl adjacent to an activating group) is 1. The van der Waals surface area contributed by atoms with Crippen LogP contribution < -0.4 is 0 Å². The molecular weight excluding hydrogens is 385 g/mol. The standard InChI is InChI=1S/C15H21ClIN3/c1-10(2)14(9-19(3)4)20-13-6-5-11(17)7-12(13)18-15(20)8-16/h5-7,10,14H,8-9H2,1-4H3. The smallest absolute Gasteiger partial charge is 0.125 e. The summed E-state index contributed by atoms with van der Waals surface area (Å²) >= 11 is 8.45. The van der Waals surface area contributed by atoms with E-state index in [9.17, 15) is 0 Å². The fraction of sp³-hybridized carbons (Fsp3) is 0.533. The van der Waals surface area contributed by atoms with Crippen molar-refractivity contribution in [3.05, 3.63) is 27.6 Å². The Bertz CT molecular complexity index is 592. The Morgan fingerprint density at radius 3 is 2.60 bits per heavy atom. The monoisotopic (exact) mass is 405 g/mol. The number of fused-ring (bicyclic) bond motifs is 1. The molecule has 2 aromatic rings. The van der Waals surface area contributed by atoms with Gasteiger partial charge in [0.1, 0.15) is 5.82 Å². The maximum absolute atomic E-state index is 6.13. The van der Waals surface area contributed by atoms with Crippen LogP contribution in [0.3, 0.4) is 0 Å². The van der Waals surface area contributed by atoms with Gasteiger partial charge >= 0.3 is 0 Å². The average molecular weight is 406 g/mol. The van der Waals surface area contributed by atoms with E-state index in [1.54, 1.807) is 0 Å². The largest absolute Gasteiger partial charge is 0.322 e. The lowest BCUT2D eigenvalue weighted by atomic mass is 10.0. The van der Waals surface area contributed by atoms with Crippen LogP contribution in [0.15, 0.2) is 18.2 Å². The maximum atomic E-state index is 6.13. The summed E-state index contributed by atoms with van der Waals surface area (Å²) in [5.41, 5.74) is 2.22. The molecule has 0 amide bonds. The first-order valence-electron chi connectivity index (χ1n) is 6.81. The number of hydrogen-bond donors (Lipinski definition) is 0. The lowest BCUT2D eigenvalue weighted by Gasteiger charge is -2.28. The molecule has 2 rings (SSSR count). The highest BCUT2D eigenvalue weighted by molar-refractivity contribution is 14.1. The van der Waals surface area contributed by atoms with Crippen LogP contribution in [0.2, 0.25) is 0 Å². The Balaban J connectivity index is 2.60. The van der Waals surface area contributed by atoms with Crippen LogP contribution in [-0.4, -0.2) is 35.1 Å². The third kappa shape index (κ3) is 3.28. The summed E-state index contributed by atoms with van der Waals surface area (Å²) in [5, 5.41) is 0. The number of halogens is 2. The highest BCUT2D eigenvalue weighted by Crippen LogP contribution is 2.28. The quantitative estimate of drug-likeness (QED) is 0.551. The molecule has 0 radical (unpaired) electrons. The van der Waals surface area contributed by atoms with Crippen molar-refractivity contribution >= 4 is 45.2 Å². The predicted octanol–water partition coefficient (Wildman–Crippen LogP) is 4.14. The summed E-state index contributed by atoms with van der Waals surface area (Å²) in [5.74, 6) is 1.93. The van der Waals surface area contributed by atoms with Gasteiger partial charge in [0.15, 0.2) is 0 Å². The van der Waals surface area contributed by atoms with Crippen molar-refractivity contribution in [2.45, 2.75) is 25.8 Å². The molecule has 1 heterocycles. The Hall–Kier alpha value is -0.330. The molecule has 110 valence electrons. The Morgan fingerprint density at radius 2 is 2.05 bits per heavy atom. The van der Waals surface area contributed by atoms with Gasteiger partial charge in [-0.1, -0.05) is 13.8 Å². The highest BCUT2D eigenvalue weighted by Gasteiger charge is 2.22. The number of nitrogens with zero attached hydrogens (tertiary/aromatic N) is 3. The number of imidazole rings is 1. The number of alkyl halides is 1. The molecule has 5 heteroatoms. The van der Waals surface area contributed by atoms with Crippen molar-refractivity contribution < 1.29 is 0 Å². The van der Waals surface area contributed by atoms with Crippen molar-refractivity contribution in [3.8, 4) is 0 Å². The SMILES string of the molecule is CC(C)C(CN(C)C)n1c(CCl)nc2cc(I)ccc21. The van der Waals surface area contributed by atoms with Gasteiger partial charge < -0.3 is 9.47 Å². The summed E-state index contributed by atoms with van der Waals surface area (Å²) in [4.78, 5) is 6.93. The van der Waals surface area contributed by atoms with E-state index in [4.69, 9.17) is 16.6 Å². The molecule has 0 saturated carbocycles. The van der Waals surface area contributed by atoms with Crippen LogP contribution in [0.4, 0.5) is 0 Å². The number of rotatable bonds is 5. The Kier molecular flexibility index (Phi) is 5.31. The van der Waals surface area contributed by atoms with Crippen LogP contribution in [0.1, 0.15) is 25.7 Å². The van der Waals surface area contributed by atoms with Crippen LogP contribution in [-0.2, 0) is 5.88 Å². The van der Waals surface area contributed by atoms with Crippen molar-refractivity contribution in [2.75, 3.05) is 20.6 Å². The number of benzene rings is 1. The van der Waals surface area contributed by atoms with Crippen LogP contribution in [0, 0.1) is 9.49 Å². The number of aromatic nitrogens is 2. The van der Waals surface area contributed by atoms with Gasteiger partial charge in [0.25, 0.3) is 0 Å². The van der Waals surface area contributed by atoms with Crippen molar-refractivity contribution in [2.24, 2.45) is 5.92 Å². The normalized spacial score (nSPS) is 13.6. The third-order valence-electron chi connectivity index (χ3n) is 3.50. The van der Waals surface area contributed by atoms with Crippen molar-refractivity contribution in [3.63, 3.8) is 0 Å². The first-order valence-corrected chi connectivity index (χ1v) is 8.42. The van der Waals surface area contributed by atoms with Gasteiger partial charge in [-0.05, 0) is 60.8 Å². The van der Waals surface area contributed by atoms with Gasteiger partial charge in [-0.3, -0.25) is 0 Å². The molecule has 0 N–H and O–H groups in total.